The summed E-state index contributed by atoms with van der Waals surface area (Å²) < 4.78 is 41.4. The van der Waals surface area contributed by atoms with Crippen molar-refractivity contribution in [1.82, 2.24) is 9.88 Å². The summed E-state index contributed by atoms with van der Waals surface area (Å²) >= 11 is 0. The lowest BCUT2D eigenvalue weighted by Crippen LogP contribution is -2.22. The molecule has 4 rings (SSSR count). The molecule has 8 heteroatoms. The maximum Gasteiger partial charge on any atom is 0.416 e. The van der Waals surface area contributed by atoms with Crippen LogP contribution >= 0.6 is 12.4 Å². The lowest BCUT2D eigenvalue weighted by Gasteiger charge is -2.16. The fourth-order valence-electron chi connectivity index (χ4n) is 4.13. The van der Waals surface area contributed by atoms with Crippen LogP contribution in [0.15, 0.2) is 42.5 Å². The number of nitrogens with one attached hydrogen (secondary N) is 2. The third-order valence-corrected chi connectivity index (χ3v) is 5.50. The first kappa shape index (κ1) is 22.2. The summed E-state index contributed by atoms with van der Waals surface area (Å²) in [6, 6.07) is 11.8. The average Bonchev–Trinajstić information content (AvgIpc) is 2.82. The number of benzene rings is 2. The zero-order valence-electron chi connectivity index (χ0n) is 16.5. The molecule has 0 bridgehead atoms. The van der Waals surface area contributed by atoms with Crippen LogP contribution in [0.2, 0.25) is 0 Å². The van der Waals surface area contributed by atoms with E-state index in [4.69, 9.17) is 0 Å². The summed E-state index contributed by atoms with van der Waals surface area (Å²) in [6.45, 7) is 3.15. The first-order chi connectivity index (χ1) is 13.9. The predicted molar refractivity (Wildman–Crippen MR) is 114 cm³/mol. The second kappa shape index (κ2) is 8.70. The van der Waals surface area contributed by atoms with Gasteiger partial charge in [0.15, 0.2) is 0 Å². The van der Waals surface area contributed by atoms with Gasteiger partial charge in [0.2, 0.25) is 5.91 Å². The monoisotopic (exact) mass is 437 g/mol. The van der Waals surface area contributed by atoms with Gasteiger partial charge in [-0.05, 0) is 49.2 Å². The topological polar surface area (TPSA) is 46.1 Å². The second-order valence-electron chi connectivity index (χ2n) is 7.30. The molecule has 0 saturated carbocycles. The number of para-hydroxylation sites is 1. The number of rotatable bonds is 3. The SMILES string of the molecule is Cc1c(NC(=O)Cn2c3c(c4ccccc42)CCNCC3)cccc1C(F)(F)F.Cl. The third-order valence-electron chi connectivity index (χ3n) is 5.50. The van der Waals surface area contributed by atoms with E-state index in [2.05, 4.69) is 16.7 Å². The molecule has 1 amide bonds. The molecule has 3 aromatic rings. The number of alkyl halides is 3. The van der Waals surface area contributed by atoms with Gasteiger partial charge in [-0.2, -0.15) is 13.2 Å². The molecule has 0 unspecified atom stereocenters. The van der Waals surface area contributed by atoms with Crippen LogP contribution in [0.4, 0.5) is 18.9 Å². The van der Waals surface area contributed by atoms with E-state index < -0.39 is 11.7 Å². The molecule has 2 N–H and O–H groups in total. The van der Waals surface area contributed by atoms with Gasteiger partial charge in [-0.25, -0.2) is 0 Å². The van der Waals surface area contributed by atoms with Crippen molar-refractivity contribution in [3.8, 4) is 0 Å². The first-order valence-corrected chi connectivity index (χ1v) is 9.62. The smallest absolute Gasteiger partial charge is 0.335 e. The van der Waals surface area contributed by atoms with Gasteiger partial charge in [0.1, 0.15) is 6.54 Å². The van der Waals surface area contributed by atoms with Crippen molar-refractivity contribution in [2.24, 2.45) is 0 Å². The lowest BCUT2D eigenvalue weighted by atomic mass is 10.1. The van der Waals surface area contributed by atoms with Crippen LogP contribution in [0.25, 0.3) is 10.9 Å². The summed E-state index contributed by atoms with van der Waals surface area (Å²) in [4.78, 5) is 12.8. The maximum atomic E-state index is 13.2. The van der Waals surface area contributed by atoms with E-state index in [1.165, 1.54) is 24.6 Å². The highest BCUT2D eigenvalue weighted by atomic mass is 35.5. The molecule has 2 heterocycles. The number of anilines is 1. The molecule has 4 nitrogen and oxygen atoms in total. The number of nitrogens with zero attached hydrogens (tertiary/aromatic N) is 1. The largest absolute Gasteiger partial charge is 0.416 e. The molecule has 1 aliphatic heterocycles. The summed E-state index contributed by atoms with van der Waals surface area (Å²) in [5, 5.41) is 7.18. The lowest BCUT2D eigenvalue weighted by molar-refractivity contribution is -0.138. The molecule has 0 spiro atoms. The molecule has 160 valence electrons. The molecule has 0 atom stereocenters. The van der Waals surface area contributed by atoms with Crippen molar-refractivity contribution < 1.29 is 18.0 Å². The minimum absolute atomic E-state index is 0. The third kappa shape index (κ3) is 4.18. The average molecular weight is 438 g/mol. The van der Waals surface area contributed by atoms with Crippen molar-refractivity contribution in [2.75, 3.05) is 18.4 Å². The molecule has 30 heavy (non-hydrogen) atoms. The normalized spacial score (nSPS) is 14.0. The Morgan fingerprint density at radius 1 is 1.10 bits per heavy atom. The van der Waals surface area contributed by atoms with E-state index in [0.29, 0.717) is 0 Å². The van der Waals surface area contributed by atoms with E-state index in [9.17, 15) is 18.0 Å². The van der Waals surface area contributed by atoms with E-state index in [1.807, 2.05) is 22.8 Å². The fraction of sp³-hybridized carbons (Fsp3) is 0.318. The van der Waals surface area contributed by atoms with Crippen LogP contribution in [0.3, 0.4) is 0 Å². The Balaban J connectivity index is 0.00000256. The molecular formula is C22H23ClF3N3O. The standard InChI is InChI=1S/C22H22F3N3O.ClH/c1-14-17(22(23,24)25)6-4-7-18(14)27-21(29)13-28-19-8-3-2-5-15(19)16-9-11-26-12-10-20(16)28;/h2-8,26H,9-13H2,1H3,(H,27,29);1H. The Morgan fingerprint density at radius 2 is 1.83 bits per heavy atom. The number of fused-ring (bicyclic) bond motifs is 3. The molecule has 1 aromatic heterocycles. The second-order valence-corrected chi connectivity index (χ2v) is 7.30. The van der Waals surface area contributed by atoms with Gasteiger partial charge in [-0.3, -0.25) is 4.79 Å². The Morgan fingerprint density at radius 3 is 2.60 bits per heavy atom. The zero-order valence-corrected chi connectivity index (χ0v) is 17.3. The Bertz CT molecular complexity index is 1080. The highest BCUT2D eigenvalue weighted by molar-refractivity contribution is 5.94. The minimum atomic E-state index is -4.45. The highest BCUT2D eigenvalue weighted by Gasteiger charge is 2.33. The fourth-order valence-corrected chi connectivity index (χ4v) is 4.13. The van der Waals surface area contributed by atoms with Gasteiger partial charge in [0.25, 0.3) is 0 Å². The van der Waals surface area contributed by atoms with E-state index in [-0.39, 0.29) is 36.1 Å². The van der Waals surface area contributed by atoms with Crippen LogP contribution in [0.1, 0.15) is 22.4 Å². The Labute approximate surface area is 178 Å². The summed E-state index contributed by atoms with van der Waals surface area (Å²) in [5.41, 5.74) is 2.82. The summed E-state index contributed by atoms with van der Waals surface area (Å²) in [7, 11) is 0. The Hall–Kier alpha value is -2.51. The molecule has 0 saturated heterocycles. The highest BCUT2D eigenvalue weighted by Crippen LogP contribution is 2.34. The molecule has 1 aliphatic rings. The van der Waals surface area contributed by atoms with Gasteiger partial charge in [-0.1, -0.05) is 24.3 Å². The van der Waals surface area contributed by atoms with E-state index in [0.717, 1.165) is 48.6 Å². The van der Waals surface area contributed by atoms with Crippen LogP contribution in [0, 0.1) is 6.92 Å². The molecular weight excluding hydrogens is 415 g/mol. The predicted octanol–water partition coefficient (Wildman–Crippen LogP) is 4.72. The van der Waals surface area contributed by atoms with Gasteiger partial charge in [0.05, 0.1) is 5.56 Å². The number of carbonyl (C=O) groups excluding carboxylic acids is 1. The van der Waals surface area contributed by atoms with Gasteiger partial charge in [-0.15, -0.1) is 12.4 Å². The van der Waals surface area contributed by atoms with Gasteiger partial charge < -0.3 is 15.2 Å². The molecule has 2 aromatic carbocycles. The quantitative estimate of drug-likeness (QED) is 0.623. The van der Waals surface area contributed by atoms with Crippen LogP contribution < -0.4 is 10.6 Å². The van der Waals surface area contributed by atoms with Crippen molar-refractivity contribution in [2.45, 2.75) is 32.5 Å². The van der Waals surface area contributed by atoms with Gasteiger partial charge >= 0.3 is 6.18 Å². The number of hydrogen-bond donors (Lipinski definition) is 2. The molecule has 0 radical (unpaired) electrons. The number of aromatic nitrogens is 1. The van der Waals surface area contributed by atoms with Crippen LogP contribution in [-0.2, 0) is 30.4 Å². The number of hydrogen-bond acceptors (Lipinski definition) is 2. The Kier molecular flexibility index (Phi) is 6.43. The zero-order chi connectivity index (χ0) is 20.6. The summed E-state index contributed by atoms with van der Waals surface area (Å²) in [6.07, 6.45) is -2.76. The number of carbonyl (C=O) groups is 1. The van der Waals surface area contributed by atoms with Crippen molar-refractivity contribution in [1.29, 1.82) is 0 Å². The first-order valence-electron chi connectivity index (χ1n) is 9.62. The van der Waals surface area contributed by atoms with Gasteiger partial charge in [0, 0.05) is 35.2 Å². The van der Waals surface area contributed by atoms with Crippen molar-refractivity contribution in [3.05, 3.63) is 64.8 Å². The van der Waals surface area contributed by atoms with Crippen molar-refractivity contribution >= 4 is 34.9 Å². The maximum absolute atomic E-state index is 13.2. The minimum Gasteiger partial charge on any atom is -0.335 e. The number of halogens is 4. The van der Waals surface area contributed by atoms with Crippen molar-refractivity contribution in [3.63, 3.8) is 0 Å². The van der Waals surface area contributed by atoms with Crippen LogP contribution in [-0.4, -0.2) is 23.6 Å². The summed E-state index contributed by atoms with van der Waals surface area (Å²) in [5.74, 6) is -0.340. The van der Waals surface area contributed by atoms with Crippen LogP contribution in [0.5, 0.6) is 0 Å². The van der Waals surface area contributed by atoms with E-state index in [1.54, 1.807) is 0 Å². The number of amides is 1. The van der Waals surface area contributed by atoms with E-state index >= 15 is 0 Å². The molecule has 0 aliphatic carbocycles. The molecule has 0 fully saturated rings.